The molecule has 2 amide bonds. The molecular weight excluding hydrogens is 428 g/mol. The normalized spacial score (nSPS) is 17.3. The van der Waals surface area contributed by atoms with Crippen LogP contribution in [0.15, 0.2) is 54.6 Å². The zero-order valence-corrected chi connectivity index (χ0v) is 19.0. The van der Waals surface area contributed by atoms with Crippen LogP contribution in [0, 0.1) is 18.3 Å². The van der Waals surface area contributed by atoms with Gasteiger partial charge in [-0.1, -0.05) is 30.3 Å². The van der Waals surface area contributed by atoms with Crippen molar-refractivity contribution >= 4 is 17.5 Å². The summed E-state index contributed by atoms with van der Waals surface area (Å²) < 4.78 is 5.78. The van der Waals surface area contributed by atoms with Gasteiger partial charge in [0.2, 0.25) is 0 Å². The summed E-state index contributed by atoms with van der Waals surface area (Å²) in [5.41, 5.74) is 5.22. The first kappa shape index (κ1) is 21.7. The molecule has 2 aromatic carbocycles. The van der Waals surface area contributed by atoms with E-state index in [-0.39, 0.29) is 18.2 Å². The van der Waals surface area contributed by atoms with Crippen LogP contribution < -0.4 is 15.0 Å². The molecule has 1 fully saturated rings. The number of aryl methyl sites for hydroxylation is 1. The number of hydrogen-bond acceptors (Lipinski definition) is 5. The van der Waals surface area contributed by atoms with Gasteiger partial charge in [0.1, 0.15) is 24.1 Å². The van der Waals surface area contributed by atoms with E-state index < -0.39 is 11.9 Å². The summed E-state index contributed by atoms with van der Waals surface area (Å²) in [7, 11) is 1.62. The van der Waals surface area contributed by atoms with Crippen LogP contribution in [0.5, 0.6) is 5.75 Å². The number of carbonyl (C=O) groups excluding carboxylic acids is 2. The van der Waals surface area contributed by atoms with Crippen molar-refractivity contribution in [1.29, 1.82) is 5.26 Å². The molecule has 7 nitrogen and oxygen atoms in total. The summed E-state index contributed by atoms with van der Waals surface area (Å²) >= 11 is 0. The highest BCUT2D eigenvalue weighted by atomic mass is 16.5. The zero-order chi connectivity index (χ0) is 23.8. The molecule has 7 heteroatoms. The molecule has 0 bridgehead atoms. The Balaban J connectivity index is 1.35. The lowest BCUT2D eigenvalue weighted by atomic mass is 10.0. The molecule has 3 aromatic rings. The Morgan fingerprint density at radius 3 is 2.62 bits per heavy atom. The summed E-state index contributed by atoms with van der Waals surface area (Å²) in [6.45, 7) is 1.92. The van der Waals surface area contributed by atoms with Crippen molar-refractivity contribution in [3.63, 3.8) is 0 Å². The average Bonchev–Trinajstić information content (AvgIpc) is 3.71. The molecule has 34 heavy (non-hydrogen) atoms. The van der Waals surface area contributed by atoms with Crippen molar-refractivity contribution in [3.05, 3.63) is 77.0 Å². The van der Waals surface area contributed by atoms with Crippen LogP contribution in [0.2, 0.25) is 0 Å². The molecule has 170 valence electrons. The van der Waals surface area contributed by atoms with Crippen molar-refractivity contribution in [2.45, 2.75) is 31.7 Å². The van der Waals surface area contributed by atoms with Crippen LogP contribution in [0.1, 0.15) is 45.9 Å². The van der Waals surface area contributed by atoms with Gasteiger partial charge in [-0.3, -0.25) is 9.59 Å². The van der Waals surface area contributed by atoms with E-state index in [1.54, 1.807) is 31.3 Å². The van der Waals surface area contributed by atoms with E-state index in [0.29, 0.717) is 22.9 Å². The van der Waals surface area contributed by atoms with E-state index in [2.05, 4.69) is 40.6 Å². The first-order chi connectivity index (χ1) is 16.4. The Labute approximate surface area is 198 Å². The van der Waals surface area contributed by atoms with Crippen molar-refractivity contribution in [3.8, 4) is 23.1 Å². The zero-order valence-electron chi connectivity index (χ0n) is 19.0. The third-order valence-corrected chi connectivity index (χ3v) is 6.35. The predicted octanol–water partition coefficient (Wildman–Crippen LogP) is 3.96. The second kappa shape index (κ2) is 8.64. The lowest BCUT2D eigenvalue weighted by molar-refractivity contribution is -0.120. The van der Waals surface area contributed by atoms with Gasteiger partial charge in [0.25, 0.3) is 11.8 Å². The van der Waals surface area contributed by atoms with Crippen LogP contribution in [-0.4, -0.2) is 36.5 Å². The van der Waals surface area contributed by atoms with E-state index in [1.165, 1.54) is 23.3 Å². The SMILES string of the molecule is Cc1ccc(C(=O)NC2COc3cc(C#N)ccc3N(C)C2=O)nc1-c1ccc(C2CC2)cc1. The number of pyridine rings is 1. The number of nitrogens with one attached hydrogen (secondary N) is 1. The Kier molecular flexibility index (Phi) is 5.50. The van der Waals surface area contributed by atoms with Gasteiger partial charge in [0.15, 0.2) is 0 Å². The lowest BCUT2D eigenvalue weighted by Crippen LogP contribution is -2.49. The highest BCUT2D eigenvalue weighted by Crippen LogP contribution is 2.40. The van der Waals surface area contributed by atoms with Gasteiger partial charge in [-0.05, 0) is 55.0 Å². The molecule has 1 unspecified atom stereocenters. The van der Waals surface area contributed by atoms with Crippen LogP contribution in [-0.2, 0) is 4.79 Å². The molecule has 1 saturated carbocycles. The standard InChI is InChI=1S/C27H24N4O3/c1-16-3-11-21(29-25(16)20-9-7-19(8-10-20)18-5-6-18)26(32)30-22-15-34-24-13-17(14-28)4-12-23(24)31(2)27(22)33/h3-4,7-13,18,22H,5-6,15H2,1-2H3,(H,30,32). The molecule has 2 heterocycles. The number of carbonyl (C=O) groups is 2. The quantitative estimate of drug-likeness (QED) is 0.647. The number of benzene rings is 2. The van der Waals surface area contributed by atoms with E-state index >= 15 is 0 Å². The molecular formula is C27H24N4O3. The predicted molar refractivity (Wildman–Crippen MR) is 128 cm³/mol. The van der Waals surface area contributed by atoms with Gasteiger partial charge in [0.05, 0.1) is 23.0 Å². The molecule has 1 aliphatic carbocycles. The Bertz CT molecular complexity index is 1320. The Hall–Kier alpha value is -4.18. The maximum absolute atomic E-state index is 13.1. The molecule has 1 aliphatic heterocycles. The fourth-order valence-corrected chi connectivity index (χ4v) is 4.19. The van der Waals surface area contributed by atoms with Gasteiger partial charge < -0.3 is 15.0 Å². The van der Waals surface area contributed by atoms with Gasteiger partial charge in [-0.15, -0.1) is 0 Å². The van der Waals surface area contributed by atoms with E-state index in [4.69, 9.17) is 10.00 Å². The van der Waals surface area contributed by atoms with Gasteiger partial charge in [-0.25, -0.2) is 4.98 Å². The monoisotopic (exact) mass is 452 g/mol. The molecule has 0 spiro atoms. The second-order valence-corrected chi connectivity index (χ2v) is 8.79. The number of rotatable bonds is 4. The van der Waals surface area contributed by atoms with Gasteiger partial charge >= 0.3 is 0 Å². The van der Waals surface area contributed by atoms with Crippen LogP contribution in [0.25, 0.3) is 11.3 Å². The fraction of sp³-hybridized carbons (Fsp3) is 0.259. The van der Waals surface area contributed by atoms with Crippen molar-refractivity contribution in [1.82, 2.24) is 10.3 Å². The number of aromatic nitrogens is 1. The Morgan fingerprint density at radius 2 is 1.91 bits per heavy atom. The third kappa shape index (κ3) is 4.11. The number of anilines is 1. The highest BCUT2D eigenvalue weighted by molar-refractivity contribution is 6.03. The topological polar surface area (TPSA) is 95.3 Å². The summed E-state index contributed by atoms with van der Waals surface area (Å²) in [5.74, 6) is 0.349. The van der Waals surface area contributed by atoms with Gasteiger partial charge in [-0.2, -0.15) is 5.26 Å². The molecule has 1 aromatic heterocycles. The first-order valence-corrected chi connectivity index (χ1v) is 11.3. The minimum Gasteiger partial charge on any atom is -0.489 e. The highest BCUT2D eigenvalue weighted by Gasteiger charge is 2.31. The largest absolute Gasteiger partial charge is 0.489 e. The smallest absolute Gasteiger partial charge is 0.270 e. The fourth-order valence-electron chi connectivity index (χ4n) is 4.19. The second-order valence-electron chi connectivity index (χ2n) is 8.79. The summed E-state index contributed by atoms with van der Waals surface area (Å²) in [4.78, 5) is 32.1. The van der Waals surface area contributed by atoms with E-state index in [9.17, 15) is 9.59 Å². The lowest BCUT2D eigenvalue weighted by Gasteiger charge is -2.20. The molecule has 1 N–H and O–H groups in total. The molecule has 0 radical (unpaired) electrons. The molecule has 2 aliphatic rings. The summed E-state index contributed by atoms with van der Waals surface area (Å²) in [6, 6.07) is 17.9. The number of hydrogen-bond donors (Lipinski definition) is 1. The van der Waals surface area contributed by atoms with E-state index in [1.807, 2.05) is 13.0 Å². The van der Waals surface area contributed by atoms with Crippen LogP contribution >= 0.6 is 0 Å². The molecule has 1 atom stereocenters. The number of likely N-dealkylation sites (N-methyl/N-ethyl adjacent to an activating group) is 1. The van der Waals surface area contributed by atoms with Crippen molar-refractivity contribution in [2.75, 3.05) is 18.6 Å². The number of fused-ring (bicyclic) bond motifs is 1. The maximum Gasteiger partial charge on any atom is 0.270 e. The summed E-state index contributed by atoms with van der Waals surface area (Å²) in [6.07, 6.45) is 2.49. The number of nitriles is 1. The maximum atomic E-state index is 13.1. The Morgan fingerprint density at radius 1 is 1.15 bits per heavy atom. The minimum absolute atomic E-state index is 0.0435. The molecule has 5 rings (SSSR count). The van der Waals surface area contributed by atoms with Gasteiger partial charge in [0, 0.05) is 18.7 Å². The average molecular weight is 453 g/mol. The third-order valence-electron chi connectivity index (χ3n) is 6.35. The number of ether oxygens (including phenoxy) is 1. The number of nitrogens with zero attached hydrogens (tertiary/aromatic N) is 3. The van der Waals surface area contributed by atoms with E-state index in [0.717, 1.165) is 16.8 Å². The van der Waals surface area contributed by atoms with Crippen molar-refractivity contribution in [2.24, 2.45) is 0 Å². The number of amides is 2. The van der Waals surface area contributed by atoms with Crippen molar-refractivity contribution < 1.29 is 14.3 Å². The minimum atomic E-state index is -0.889. The summed E-state index contributed by atoms with van der Waals surface area (Å²) in [5, 5.41) is 11.9. The first-order valence-electron chi connectivity index (χ1n) is 11.3. The van der Waals surface area contributed by atoms with Crippen LogP contribution in [0.3, 0.4) is 0 Å². The van der Waals surface area contributed by atoms with Crippen LogP contribution in [0.4, 0.5) is 5.69 Å². The molecule has 0 saturated heterocycles.